The lowest BCUT2D eigenvalue weighted by Gasteiger charge is -2.31. The number of quaternary nitrogens is 1. The topological polar surface area (TPSA) is 59.8 Å². The summed E-state index contributed by atoms with van der Waals surface area (Å²) >= 11 is 0. The number of ether oxygens (including phenoxy) is 1. The Hall–Kier alpha value is -2.66. The molecule has 0 aromatic heterocycles. The van der Waals surface area contributed by atoms with Crippen LogP contribution in [0.15, 0.2) is 42.5 Å². The van der Waals surface area contributed by atoms with Crippen LogP contribution in [0.4, 0.5) is 5.69 Å². The minimum absolute atomic E-state index is 0.0729. The van der Waals surface area contributed by atoms with Gasteiger partial charge in [-0.05, 0) is 48.1 Å². The van der Waals surface area contributed by atoms with Crippen LogP contribution >= 0.6 is 0 Å². The van der Waals surface area contributed by atoms with Crippen molar-refractivity contribution in [1.82, 2.24) is 0 Å². The van der Waals surface area contributed by atoms with E-state index in [2.05, 4.69) is 23.5 Å². The Balaban J connectivity index is 1.47. The number of methoxy groups -OCH3 is 1. The molecular formula is C22H25N2O3+. The molecule has 27 heavy (non-hydrogen) atoms. The maximum absolute atomic E-state index is 12.7. The minimum atomic E-state index is -0.351. The number of amides is 1. The van der Waals surface area contributed by atoms with E-state index in [0.29, 0.717) is 13.0 Å². The van der Waals surface area contributed by atoms with Gasteiger partial charge in [-0.15, -0.1) is 0 Å². The van der Waals surface area contributed by atoms with Gasteiger partial charge in [-0.3, -0.25) is 4.79 Å². The molecule has 2 aliphatic rings. The Morgan fingerprint density at radius 1 is 1.07 bits per heavy atom. The lowest BCUT2D eigenvalue weighted by atomic mass is 9.94. The molecule has 0 radical (unpaired) electrons. The number of rotatable bonds is 4. The van der Waals surface area contributed by atoms with E-state index in [4.69, 9.17) is 4.74 Å². The highest BCUT2D eigenvalue weighted by molar-refractivity contribution is 5.91. The SMILES string of the molecule is COC(=O)[C@@H]1Cc2ccccc2C[NH+]1CC(=O)Nc1ccc2c(c1)CCC2. The quantitative estimate of drug-likeness (QED) is 0.803. The summed E-state index contributed by atoms with van der Waals surface area (Å²) in [5, 5.41) is 3.01. The molecule has 2 N–H and O–H groups in total. The number of fused-ring (bicyclic) bond motifs is 2. The molecule has 1 unspecified atom stereocenters. The Morgan fingerprint density at radius 2 is 1.85 bits per heavy atom. The van der Waals surface area contributed by atoms with Crippen molar-refractivity contribution < 1.29 is 19.2 Å². The Kier molecular flexibility index (Phi) is 4.94. The summed E-state index contributed by atoms with van der Waals surface area (Å²) in [6.45, 7) is 0.888. The van der Waals surface area contributed by atoms with Crippen LogP contribution in [-0.4, -0.2) is 31.6 Å². The predicted molar refractivity (Wildman–Crippen MR) is 103 cm³/mol. The normalized spacial score (nSPS) is 20.5. The first-order valence-electron chi connectivity index (χ1n) is 9.55. The highest BCUT2D eigenvalue weighted by Crippen LogP contribution is 2.24. The summed E-state index contributed by atoms with van der Waals surface area (Å²) in [7, 11) is 1.41. The fourth-order valence-electron chi connectivity index (χ4n) is 4.30. The summed E-state index contributed by atoms with van der Waals surface area (Å²) in [6, 6.07) is 13.9. The molecular weight excluding hydrogens is 340 g/mol. The van der Waals surface area contributed by atoms with Gasteiger partial charge in [0.1, 0.15) is 6.54 Å². The molecule has 0 saturated heterocycles. The van der Waals surface area contributed by atoms with Crippen LogP contribution in [0.2, 0.25) is 0 Å². The molecule has 5 nitrogen and oxygen atoms in total. The summed E-state index contributed by atoms with van der Waals surface area (Å²) in [5.41, 5.74) is 5.91. The molecule has 2 aromatic rings. The van der Waals surface area contributed by atoms with Gasteiger partial charge in [0.25, 0.3) is 5.91 Å². The number of esters is 1. The van der Waals surface area contributed by atoms with E-state index < -0.39 is 0 Å². The smallest absolute Gasteiger partial charge is 0.365 e. The first-order chi connectivity index (χ1) is 13.1. The zero-order valence-electron chi connectivity index (χ0n) is 15.6. The molecule has 1 heterocycles. The maximum atomic E-state index is 12.7. The number of aryl methyl sites for hydroxylation is 2. The monoisotopic (exact) mass is 365 g/mol. The highest BCUT2D eigenvalue weighted by atomic mass is 16.5. The lowest BCUT2D eigenvalue weighted by molar-refractivity contribution is -0.924. The van der Waals surface area contributed by atoms with E-state index >= 15 is 0 Å². The van der Waals surface area contributed by atoms with E-state index in [1.165, 1.54) is 30.2 Å². The molecule has 0 fully saturated rings. The average Bonchev–Trinajstić information content (AvgIpc) is 3.14. The van der Waals surface area contributed by atoms with Gasteiger partial charge in [0.05, 0.1) is 7.11 Å². The largest absolute Gasteiger partial charge is 0.465 e. The Labute approximate surface area is 159 Å². The van der Waals surface area contributed by atoms with Crippen molar-refractivity contribution in [2.75, 3.05) is 19.0 Å². The number of nitrogens with one attached hydrogen (secondary N) is 2. The molecule has 140 valence electrons. The van der Waals surface area contributed by atoms with E-state index in [9.17, 15) is 9.59 Å². The van der Waals surface area contributed by atoms with Crippen LogP contribution < -0.4 is 10.2 Å². The van der Waals surface area contributed by atoms with Crippen LogP contribution in [0.5, 0.6) is 0 Å². The number of hydrogen-bond acceptors (Lipinski definition) is 3. The van der Waals surface area contributed by atoms with E-state index in [0.717, 1.165) is 29.0 Å². The van der Waals surface area contributed by atoms with Crippen molar-refractivity contribution in [2.45, 2.75) is 38.3 Å². The van der Waals surface area contributed by atoms with Crippen LogP contribution in [0.1, 0.15) is 28.7 Å². The highest BCUT2D eigenvalue weighted by Gasteiger charge is 2.37. The summed E-state index contributed by atoms with van der Waals surface area (Å²) < 4.78 is 4.99. The standard InChI is InChI=1S/C22H24N2O3/c1-27-22(26)20-12-17-5-2-3-6-18(17)13-24(20)14-21(25)23-19-10-9-15-7-4-8-16(15)11-19/h2-3,5-6,9-11,20H,4,7-8,12-14H2,1H3,(H,23,25)/p+1/t20-/m0/s1. The molecule has 2 atom stereocenters. The third-order valence-corrected chi connectivity index (χ3v) is 5.71. The van der Waals surface area contributed by atoms with Gasteiger partial charge in [-0.1, -0.05) is 30.3 Å². The van der Waals surface area contributed by atoms with Crippen LogP contribution in [0.3, 0.4) is 0 Å². The minimum Gasteiger partial charge on any atom is -0.465 e. The molecule has 4 rings (SSSR count). The van der Waals surface area contributed by atoms with E-state index in [1.807, 2.05) is 24.3 Å². The van der Waals surface area contributed by atoms with Crippen molar-refractivity contribution in [3.63, 3.8) is 0 Å². The zero-order chi connectivity index (χ0) is 18.8. The van der Waals surface area contributed by atoms with Crippen molar-refractivity contribution in [2.24, 2.45) is 0 Å². The zero-order valence-corrected chi connectivity index (χ0v) is 15.6. The van der Waals surface area contributed by atoms with E-state index in [-0.39, 0.29) is 24.5 Å². The maximum Gasteiger partial charge on any atom is 0.365 e. The molecule has 2 aromatic carbocycles. The molecule has 0 spiro atoms. The van der Waals surface area contributed by atoms with Gasteiger partial charge >= 0.3 is 5.97 Å². The van der Waals surface area contributed by atoms with Gasteiger partial charge < -0.3 is 15.0 Å². The molecule has 1 aliphatic carbocycles. The number of benzene rings is 2. The number of carbonyl (C=O) groups excluding carboxylic acids is 2. The summed E-state index contributed by atoms with van der Waals surface area (Å²) in [4.78, 5) is 25.9. The molecule has 1 amide bonds. The number of hydrogen-bond donors (Lipinski definition) is 2. The van der Waals surface area contributed by atoms with Crippen molar-refractivity contribution in [3.8, 4) is 0 Å². The van der Waals surface area contributed by atoms with Crippen molar-refractivity contribution in [1.29, 1.82) is 0 Å². The Morgan fingerprint density at radius 3 is 2.67 bits per heavy atom. The van der Waals surface area contributed by atoms with Crippen LogP contribution in [-0.2, 0) is 40.1 Å². The summed E-state index contributed by atoms with van der Waals surface area (Å²) in [5.74, 6) is -0.332. The molecule has 0 bridgehead atoms. The van der Waals surface area contributed by atoms with Gasteiger partial charge in [-0.25, -0.2) is 4.79 Å². The first-order valence-corrected chi connectivity index (χ1v) is 9.55. The third kappa shape index (κ3) is 3.74. The van der Waals surface area contributed by atoms with Crippen LogP contribution in [0, 0.1) is 0 Å². The molecule has 1 aliphatic heterocycles. The van der Waals surface area contributed by atoms with Gasteiger partial charge in [-0.2, -0.15) is 0 Å². The second-order valence-electron chi connectivity index (χ2n) is 7.45. The molecule has 0 saturated carbocycles. The fraction of sp³-hybridized carbons (Fsp3) is 0.364. The second kappa shape index (κ2) is 7.53. The molecule has 5 heteroatoms. The van der Waals surface area contributed by atoms with Crippen molar-refractivity contribution in [3.05, 3.63) is 64.7 Å². The van der Waals surface area contributed by atoms with E-state index in [1.54, 1.807) is 0 Å². The van der Waals surface area contributed by atoms with Gasteiger partial charge in [0, 0.05) is 17.7 Å². The summed E-state index contributed by atoms with van der Waals surface area (Å²) in [6.07, 6.45) is 3.99. The third-order valence-electron chi connectivity index (χ3n) is 5.71. The predicted octanol–water partition coefficient (Wildman–Crippen LogP) is 1.30. The van der Waals surface area contributed by atoms with Gasteiger partial charge in [0.2, 0.25) is 0 Å². The van der Waals surface area contributed by atoms with Crippen LogP contribution in [0.25, 0.3) is 0 Å². The number of anilines is 1. The lowest BCUT2D eigenvalue weighted by Crippen LogP contribution is -3.17. The second-order valence-corrected chi connectivity index (χ2v) is 7.45. The number of carbonyl (C=O) groups is 2. The fourth-order valence-corrected chi connectivity index (χ4v) is 4.30. The Bertz CT molecular complexity index is 878. The first kappa shape index (κ1) is 17.7. The average molecular weight is 365 g/mol. The van der Waals surface area contributed by atoms with Gasteiger partial charge in [0.15, 0.2) is 12.6 Å². The van der Waals surface area contributed by atoms with Crippen molar-refractivity contribution >= 4 is 17.6 Å².